The Bertz CT molecular complexity index is 918. The molecular formula is C20H20N2O4. The quantitative estimate of drug-likeness (QED) is 0.734. The van der Waals surface area contributed by atoms with Gasteiger partial charge in [0.2, 0.25) is 0 Å². The molecule has 2 aromatic carbocycles. The lowest BCUT2D eigenvalue weighted by molar-refractivity contribution is 0.0950. The molecule has 0 atom stereocenters. The van der Waals surface area contributed by atoms with Gasteiger partial charge in [0, 0.05) is 6.54 Å². The van der Waals surface area contributed by atoms with Crippen LogP contribution in [0.1, 0.15) is 21.6 Å². The van der Waals surface area contributed by atoms with Crippen LogP contribution >= 0.6 is 0 Å². The van der Waals surface area contributed by atoms with E-state index in [0.717, 1.165) is 11.3 Å². The Hall–Kier alpha value is -3.28. The Morgan fingerprint density at radius 1 is 1.12 bits per heavy atom. The molecule has 0 fully saturated rings. The zero-order valence-electron chi connectivity index (χ0n) is 14.9. The zero-order chi connectivity index (χ0) is 18.5. The highest BCUT2D eigenvalue weighted by Gasteiger charge is 2.23. The van der Waals surface area contributed by atoms with Crippen molar-refractivity contribution in [1.29, 1.82) is 0 Å². The van der Waals surface area contributed by atoms with E-state index in [0.29, 0.717) is 34.9 Å². The first-order chi connectivity index (χ1) is 12.6. The summed E-state index contributed by atoms with van der Waals surface area (Å²) >= 11 is 0. The van der Waals surface area contributed by atoms with Crippen molar-refractivity contribution in [1.82, 2.24) is 10.5 Å². The first-order valence-corrected chi connectivity index (χ1v) is 8.14. The Morgan fingerprint density at radius 3 is 2.69 bits per heavy atom. The maximum absolute atomic E-state index is 12.8. The monoisotopic (exact) mass is 352 g/mol. The Kier molecular flexibility index (Phi) is 5.22. The number of benzene rings is 2. The molecule has 0 aliphatic heterocycles. The van der Waals surface area contributed by atoms with Gasteiger partial charge in [0.25, 0.3) is 5.91 Å². The van der Waals surface area contributed by atoms with Crippen molar-refractivity contribution >= 4 is 5.91 Å². The summed E-state index contributed by atoms with van der Waals surface area (Å²) in [4.78, 5) is 12.8. The molecule has 1 aromatic heterocycles. The van der Waals surface area contributed by atoms with Crippen molar-refractivity contribution < 1.29 is 18.8 Å². The fourth-order valence-corrected chi connectivity index (χ4v) is 2.71. The van der Waals surface area contributed by atoms with Gasteiger partial charge in [-0.05, 0) is 36.8 Å². The molecule has 1 heterocycles. The highest BCUT2D eigenvalue weighted by Crippen LogP contribution is 2.33. The van der Waals surface area contributed by atoms with Crippen molar-refractivity contribution in [2.24, 2.45) is 0 Å². The Labute approximate surface area is 151 Å². The summed E-state index contributed by atoms with van der Waals surface area (Å²) < 4.78 is 16.0. The van der Waals surface area contributed by atoms with Gasteiger partial charge in [-0.3, -0.25) is 4.79 Å². The van der Waals surface area contributed by atoms with Crippen LogP contribution in [0.3, 0.4) is 0 Å². The van der Waals surface area contributed by atoms with E-state index in [1.54, 1.807) is 21.1 Å². The molecule has 1 amide bonds. The first kappa shape index (κ1) is 17.5. The van der Waals surface area contributed by atoms with Crippen molar-refractivity contribution in [3.05, 3.63) is 65.4 Å². The number of para-hydroxylation sites is 1. The van der Waals surface area contributed by atoms with E-state index in [9.17, 15) is 4.79 Å². The summed E-state index contributed by atoms with van der Waals surface area (Å²) in [6.07, 6.45) is 0. The summed E-state index contributed by atoms with van der Waals surface area (Å²) in [7, 11) is 3.18. The molecule has 0 aliphatic rings. The average Bonchev–Trinajstić information content (AvgIpc) is 3.07. The molecule has 0 radical (unpaired) electrons. The number of nitrogens with one attached hydrogen (secondary N) is 1. The van der Waals surface area contributed by atoms with Crippen LogP contribution in [0.25, 0.3) is 11.3 Å². The van der Waals surface area contributed by atoms with Gasteiger partial charge in [-0.1, -0.05) is 29.4 Å². The molecule has 3 rings (SSSR count). The molecule has 0 saturated carbocycles. The molecule has 26 heavy (non-hydrogen) atoms. The fourth-order valence-electron chi connectivity index (χ4n) is 2.71. The average molecular weight is 352 g/mol. The topological polar surface area (TPSA) is 73.6 Å². The number of rotatable bonds is 6. The molecule has 0 bridgehead atoms. The summed E-state index contributed by atoms with van der Waals surface area (Å²) in [5, 5.41) is 6.87. The largest absolute Gasteiger partial charge is 0.497 e. The van der Waals surface area contributed by atoms with Gasteiger partial charge >= 0.3 is 0 Å². The van der Waals surface area contributed by atoms with Gasteiger partial charge in [-0.15, -0.1) is 0 Å². The predicted molar refractivity (Wildman–Crippen MR) is 97.4 cm³/mol. The molecule has 134 valence electrons. The van der Waals surface area contributed by atoms with Crippen LogP contribution in [0.15, 0.2) is 53.1 Å². The highest BCUT2D eigenvalue weighted by molar-refractivity contribution is 6.01. The van der Waals surface area contributed by atoms with Crippen molar-refractivity contribution in [3.63, 3.8) is 0 Å². The Morgan fingerprint density at radius 2 is 1.92 bits per heavy atom. The standard InChI is InChI=1S/C20H20N2O4/c1-13-18(19(26-22-13)16-9-4-5-10-17(16)25-3)20(23)21-12-14-7-6-8-15(11-14)24-2/h4-11H,12H2,1-3H3,(H,21,23). The van der Waals surface area contributed by atoms with Crippen molar-refractivity contribution in [3.8, 4) is 22.8 Å². The Balaban J connectivity index is 1.85. The minimum Gasteiger partial charge on any atom is -0.497 e. The van der Waals surface area contributed by atoms with E-state index in [2.05, 4.69) is 10.5 Å². The number of amides is 1. The minimum absolute atomic E-state index is 0.257. The lowest BCUT2D eigenvalue weighted by Crippen LogP contribution is -2.23. The lowest BCUT2D eigenvalue weighted by atomic mass is 10.1. The van der Waals surface area contributed by atoms with Gasteiger partial charge in [-0.25, -0.2) is 0 Å². The number of carbonyl (C=O) groups is 1. The number of aromatic nitrogens is 1. The van der Waals surface area contributed by atoms with E-state index < -0.39 is 0 Å². The molecule has 6 heteroatoms. The van der Waals surface area contributed by atoms with Crippen LogP contribution in [-0.4, -0.2) is 25.3 Å². The van der Waals surface area contributed by atoms with E-state index in [1.807, 2.05) is 48.5 Å². The van der Waals surface area contributed by atoms with Crippen molar-refractivity contribution in [2.45, 2.75) is 13.5 Å². The third-order valence-electron chi connectivity index (χ3n) is 4.03. The summed E-state index contributed by atoms with van der Waals surface area (Å²) in [5.41, 5.74) is 2.54. The molecule has 0 spiro atoms. The predicted octanol–water partition coefficient (Wildman–Crippen LogP) is 3.60. The SMILES string of the molecule is COc1cccc(CNC(=O)c2c(C)noc2-c2ccccc2OC)c1. The first-order valence-electron chi connectivity index (χ1n) is 8.14. The van der Waals surface area contributed by atoms with Crippen LogP contribution in [0.4, 0.5) is 0 Å². The molecule has 6 nitrogen and oxygen atoms in total. The maximum atomic E-state index is 12.8. The maximum Gasteiger partial charge on any atom is 0.257 e. The highest BCUT2D eigenvalue weighted by atomic mass is 16.5. The summed E-state index contributed by atoms with van der Waals surface area (Å²) in [6, 6.07) is 14.9. The summed E-state index contributed by atoms with van der Waals surface area (Å²) in [6.45, 7) is 2.11. The molecule has 1 N–H and O–H groups in total. The van der Waals surface area contributed by atoms with E-state index in [1.165, 1.54) is 0 Å². The lowest BCUT2D eigenvalue weighted by Gasteiger charge is -2.09. The van der Waals surface area contributed by atoms with Crippen LogP contribution < -0.4 is 14.8 Å². The smallest absolute Gasteiger partial charge is 0.257 e. The number of ether oxygens (including phenoxy) is 2. The van der Waals surface area contributed by atoms with Crippen LogP contribution in [0.5, 0.6) is 11.5 Å². The number of nitrogens with zero attached hydrogens (tertiary/aromatic N) is 1. The number of aryl methyl sites for hydroxylation is 1. The normalized spacial score (nSPS) is 10.4. The molecule has 0 aliphatic carbocycles. The second-order valence-electron chi connectivity index (χ2n) is 5.71. The molecule has 3 aromatic rings. The fraction of sp³-hybridized carbons (Fsp3) is 0.200. The number of hydrogen-bond donors (Lipinski definition) is 1. The van der Waals surface area contributed by atoms with E-state index >= 15 is 0 Å². The van der Waals surface area contributed by atoms with Crippen LogP contribution in [0, 0.1) is 6.92 Å². The third-order valence-corrected chi connectivity index (χ3v) is 4.03. The molecule has 0 saturated heterocycles. The van der Waals surface area contributed by atoms with Crippen LogP contribution in [0.2, 0.25) is 0 Å². The molecular weight excluding hydrogens is 332 g/mol. The van der Waals surface area contributed by atoms with Gasteiger partial charge in [0.15, 0.2) is 5.76 Å². The number of methoxy groups -OCH3 is 2. The number of carbonyl (C=O) groups excluding carboxylic acids is 1. The van der Waals surface area contributed by atoms with E-state index in [-0.39, 0.29) is 5.91 Å². The molecule has 0 unspecified atom stereocenters. The zero-order valence-corrected chi connectivity index (χ0v) is 14.9. The van der Waals surface area contributed by atoms with Gasteiger partial charge in [-0.2, -0.15) is 0 Å². The van der Waals surface area contributed by atoms with Gasteiger partial charge < -0.3 is 19.3 Å². The summed E-state index contributed by atoms with van der Waals surface area (Å²) in [5.74, 6) is 1.49. The van der Waals surface area contributed by atoms with Gasteiger partial charge in [0.1, 0.15) is 17.1 Å². The second kappa shape index (κ2) is 7.74. The van der Waals surface area contributed by atoms with Gasteiger partial charge in [0.05, 0.1) is 25.5 Å². The second-order valence-corrected chi connectivity index (χ2v) is 5.71. The van der Waals surface area contributed by atoms with Crippen molar-refractivity contribution in [2.75, 3.05) is 14.2 Å². The third kappa shape index (κ3) is 3.54. The van der Waals surface area contributed by atoms with E-state index in [4.69, 9.17) is 14.0 Å². The van der Waals surface area contributed by atoms with Crippen LogP contribution in [-0.2, 0) is 6.54 Å². The number of hydrogen-bond acceptors (Lipinski definition) is 5. The minimum atomic E-state index is -0.257.